The standard InChI is InChI=1S/C20H20Cl2N2OS/c1-12(26-2)20(25)24-11-16(14-8-7-13(21)9-18(14)22)17-10-23-19-6-4-3-5-15(17)19/h3-10,12,16,23H,11H2,1-2H3,(H,24,25). The highest BCUT2D eigenvalue weighted by Crippen LogP contribution is 2.35. The Morgan fingerprint density at radius 3 is 2.69 bits per heavy atom. The molecule has 3 aromatic rings. The van der Waals surface area contributed by atoms with Gasteiger partial charge in [0.15, 0.2) is 0 Å². The Hall–Kier alpha value is -1.62. The van der Waals surface area contributed by atoms with E-state index in [0.29, 0.717) is 16.6 Å². The minimum atomic E-state index is -0.0979. The summed E-state index contributed by atoms with van der Waals surface area (Å²) >= 11 is 14.1. The number of hydrogen-bond donors (Lipinski definition) is 2. The van der Waals surface area contributed by atoms with Crippen molar-refractivity contribution < 1.29 is 4.79 Å². The first-order valence-electron chi connectivity index (χ1n) is 8.32. The van der Waals surface area contributed by atoms with Gasteiger partial charge in [-0.3, -0.25) is 4.79 Å². The van der Waals surface area contributed by atoms with Crippen LogP contribution in [0.5, 0.6) is 0 Å². The fourth-order valence-electron chi connectivity index (χ4n) is 3.01. The molecule has 1 amide bonds. The third-order valence-corrected chi connectivity index (χ3v) is 6.02. The van der Waals surface area contributed by atoms with Crippen LogP contribution in [-0.2, 0) is 4.79 Å². The monoisotopic (exact) mass is 406 g/mol. The molecule has 2 atom stereocenters. The van der Waals surface area contributed by atoms with E-state index in [2.05, 4.69) is 16.4 Å². The van der Waals surface area contributed by atoms with Crippen LogP contribution in [0.25, 0.3) is 10.9 Å². The van der Waals surface area contributed by atoms with E-state index in [-0.39, 0.29) is 17.1 Å². The number of rotatable bonds is 6. The van der Waals surface area contributed by atoms with Gasteiger partial charge in [0.05, 0.1) is 5.25 Å². The number of benzene rings is 2. The normalized spacial score (nSPS) is 13.5. The van der Waals surface area contributed by atoms with E-state index >= 15 is 0 Å². The number of carbonyl (C=O) groups excluding carboxylic acids is 1. The van der Waals surface area contributed by atoms with Gasteiger partial charge in [-0.2, -0.15) is 11.8 Å². The third-order valence-electron chi connectivity index (χ3n) is 4.54. The molecule has 0 aliphatic carbocycles. The van der Waals surface area contributed by atoms with E-state index in [4.69, 9.17) is 23.2 Å². The van der Waals surface area contributed by atoms with Crippen LogP contribution in [0, 0.1) is 0 Å². The number of carbonyl (C=O) groups is 1. The van der Waals surface area contributed by atoms with Crippen molar-refractivity contribution in [3.8, 4) is 0 Å². The minimum Gasteiger partial charge on any atom is -0.361 e. The molecule has 26 heavy (non-hydrogen) atoms. The molecule has 1 aromatic heterocycles. The first-order chi connectivity index (χ1) is 12.5. The average Bonchev–Trinajstić information content (AvgIpc) is 3.06. The molecule has 0 spiro atoms. The number of hydrogen-bond acceptors (Lipinski definition) is 2. The van der Waals surface area contributed by atoms with Gasteiger partial charge in [0.2, 0.25) is 5.91 Å². The minimum absolute atomic E-state index is 0.0208. The van der Waals surface area contributed by atoms with Gasteiger partial charge in [-0.05, 0) is 42.5 Å². The largest absolute Gasteiger partial charge is 0.361 e. The molecule has 3 nitrogen and oxygen atoms in total. The zero-order valence-electron chi connectivity index (χ0n) is 14.6. The Balaban J connectivity index is 2.00. The molecule has 0 aliphatic heterocycles. The van der Waals surface area contributed by atoms with E-state index < -0.39 is 0 Å². The maximum atomic E-state index is 12.3. The van der Waals surface area contributed by atoms with Gasteiger partial charge in [-0.15, -0.1) is 0 Å². The molecule has 136 valence electrons. The molecular formula is C20H20Cl2N2OS. The second kappa shape index (κ2) is 8.38. The van der Waals surface area contributed by atoms with Crippen molar-refractivity contribution in [3.05, 3.63) is 69.8 Å². The molecule has 3 rings (SSSR count). The molecule has 2 N–H and O–H groups in total. The van der Waals surface area contributed by atoms with Gasteiger partial charge < -0.3 is 10.3 Å². The predicted octanol–water partition coefficient (Wildman–Crippen LogP) is 5.47. The number of nitrogens with one attached hydrogen (secondary N) is 2. The van der Waals surface area contributed by atoms with Gasteiger partial charge in [0.25, 0.3) is 0 Å². The first-order valence-corrected chi connectivity index (χ1v) is 10.4. The van der Waals surface area contributed by atoms with Crippen molar-refractivity contribution in [2.75, 3.05) is 12.8 Å². The second-order valence-corrected chi connectivity index (χ2v) is 8.15. The molecule has 0 fully saturated rings. The van der Waals surface area contributed by atoms with Crippen LogP contribution < -0.4 is 5.32 Å². The Labute approximate surface area is 167 Å². The Morgan fingerprint density at radius 1 is 1.19 bits per heavy atom. The van der Waals surface area contributed by atoms with Crippen molar-refractivity contribution >= 4 is 51.8 Å². The molecule has 0 radical (unpaired) electrons. The summed E-state index contributed by atoms with van der Waals surface area (Å²) in [5.41, 5.74) is 3.10. The van der Waals surface area contributed by atoms with E-state index in [0.717, 1.165) is 22.0 Å². The molecule has 0 aliphatic rings. The average molecular weight is 407 g/mol. The lowest BCUT2D eigenvalue weighted by molar-refractivity contribution is -0.120. The van der Waals surface area contributed by atoms with Crippen molar-refractivity contribution in [3.63, 3.8) is 0 Å². The quantitative estimate of drug-likeness (QED) is 0.569. The molecule has 2 unspecified atom stereocenters. The van der Waals surface area contributed by atoms with Crippen LogP contribution in [0.3, 0.4) is 0 Å². The van der Waals surface area contributed by atoms with Crippen LogP contribution in [0.1, 0.15) is 24.0 Å². The Morgan fingerprint density at radius 2 is 1.96 bits per heavy atom. The SMILES string of the molecule is CSC(C)C(=O)NCC(c1ccc(Cl)cc1Cl)c1c[nH]c2ccccc12. The van der Waals surface area contributed by atoms with Crippen molar-refractivity contribution in [1.29, 1.82) is 0 Å². The van der Waals surface area contributed by atoms with E-state index in [9.17, 15) is 4.79 Å². The Bertz CT molecular complexity index is 925. The number of para-hydroxylation sites is 1. The van der Waals surface area contributed by atoms with E-state index in [1.807, 2.05) is 49.7 Å². The number of fused-ring (bicyclic) bond motifs is 1. The van der Waals surface area contributed by atoms with Crippen molar-refractivity contribution in [2.45, 2.75) is 18.1 Å². The van der Waals surface area contributed by atoms with Crippen molar-refractivity contribution in [1.82, 2.24) is 10.3 Å². The highest BCUT2D eigenvalue weighted by Gasteiger charge is 2.22. The molecule has 6 heteroatoms. The fourth-order valence-corrected chi connectivity index (χ4v) is 3.84. The molecule has 0 bridgehead atoms. The van der Waals surface area contributed by atoms with Gasteiger partial charge in [-0.1, -0.05) is 47.5 Å². The summed E-state index contributed by atoms with van der Waals surface area (Å²) in [7, 11) is 0. The van der Waals surface area contributed by atoms with Crippen molar-refractivity contribution in [2.24, 2.45) is 0 Å². The van der Waals surface area contributed by atoms with Gasteiger partial charge in [0, 0.05) is 39.6 Å². The highest BCUT2D eigenvalue weighted by molar-refractivity contribution is 7.99. The summed E-state index contributed by atoms with van der Waals surface area (Å²) < 4.78 is 0. The maximum absolute atomic E-state index is 12.3. The number of aromatic nitrogens is 1. The van der Waals surface area contributed by atoms with Gasteiger partial charge >= 0.3 is 0 Å². The van der Waals surface area contributed by atoms with Crippen LogP contribution in [-0.4, -0.2) is 28.9 Å². The molecule has 0 saturated heterocycles. The summed E-state index contributed by atoms with van der Waals surface area (Å²) in [5, 5.41) is 5.28. The van der Waals surface area contributed by atoms with E-state index in [1.165, 1.54) is 11.8 Å². The third kappa shape index (κ3) is 4.03. The zero-order valence-corrected chi connectivity index (χ0v) is 16.9. The summed E-state index contributed by atoms with van der Waals surface area (Å²) in [4.78, 5) is 15.6. The summed E-state index contributed by atoms with van der Waals surface area (Å²) in [5.74, 6) is -0.0543. The number of thioether (sulfide) groups is 1. The smallest absolute Gasteiger partial charge is 0.232 e. The second-order valence-electron chi connectivity index (χ2n) is 6.13. The first kappa shape index (κ1) is 19.2. The lowest BCUT2D eigenvalue weighted by Crippen LogP contribution is -2.34. The number of H-pyrrole nitrogens is 1. The van der Waals surface area contributed by atoms with Gasteiger partial charge in [0.1, 0.15) is 0 Å². The Kier molecular flexibility index (Phi) is 6.17. The molecule has 2 aromatic carbocycles. The van der Waals surface area contributed by atoms with Gasteiger partial charge in [-0.25, -0.2) is 0 Å². The number of amides is 1. The fraction of sp³-hybridized carbons (Fsp3) is 0.250. The summed E-state index contributed by atoms with van der Waals surface area (Å²) in [6.45, 7) is 2.36. The number of halogens is 2. The molecule has 0 saturated carbocycles. The lowest BCUT2D eigenvalue weighted by atomic mass is 9.90. The van der Waals surface area contributed by atoms with Crippen LogP contribution in [0.2, 0.25) is 10.0 Å². The summed E-state index contributed by atoms with van der Waals surface area (Å²) in [6.07, 6.45) is 3.92. The highest BCUT2D eigenvalue weighted by atomic mass is 35.5. The van der Waals surface area contributed by atoms with E-state index in [1.54, 1.807) is 6.07 Å². The summed E-state index contributed by atoms with van der Waals surface area (Å²) in [6, 6.07) is 13.6. The maximum Gasteiger partial charge on any atom is 0.232 e. The molecular weight excluding hydrogens is 387 g/mol. The number of aromatic amines is 1. The van der Waals surface area contributed by atoms with Crippen LogP contribution >= 0.6 is 35.0 Å². The zero-order chi connectivity index (χ0) is 18.7. The molecule has 1 heterocycles. The van der Waals surface area contributed by atoms with Crippen LogP contribution in [0.4, 0.5) is 0 Å². The van der Waals surface area contributed by atoms with Crippen LogP contribution in [0.15, 0.2) is 48.7 Å². The predicted molar refractivity (Wildman–Crippen MR) is 113 cm³/mol. The lowest BCUT2D eigenvalue weighted by Gasteiger charge is -2.20. The topological polar surface area (TPSA) is 44.9 Å².